The van der Waals surface area contributed by atoms with Gasteiger partial charge in [-0.15, -0.1) is 0 Å². The molecule has 0 bridgehead atoms. The van der Waals surface area contributed by atoms with E-state index in [0.29, 0.717) is 5.70 Å². The molecule has 0 aromatic heterocycles. The molecule has 0 aliphatic carbocycles. The van der Waals surface area contributed by atoms with E-state index in [0.717, 1.165) is 17.8 Å². The number of hydrogen-bond acceptors (Lipinski definition) is 2. The van der Waals surface area contributed by atoms with E-state index in [9.17, 15) is 13.2 Å². The van der Waals surface area contributed by atoms with Gasteiger partial charge in [0, 0.05) is 22.6 Å². The fourth-order valence-corrected chi connectivity index (χ4v) is 1.87. The highest BCUT2D eigenvalue weighted by Gasteiger charge is 2.31. The minimum atomic E-state index is -4.45. The van der Waals surface area contributed by atoms with Gasteiger partial charge in [-0.3, -0.25) is 4.99 Å². The Morgan fingerprint density at radius 2 is 2.00 bits per heavy atom. The second-order valence-corrected chi connectivity index (χ2v) is 4.96. The molecule has 1 rings (SSSR count). The van der Waals surface area contributed by atoms with E-state index >= 15 is 0 Å². The summed E-state index contributed by atoms with van der Waals surface area (Å²) in [6.45, 7) is 10.8. The first-order chi connectivity index (χ1) is 9.65. The van der Waals surface area contributed by atoms with E-state index in [1.54, 1.807) is 6.92 Å². The van der Waals surface area contributed by atoms with Gasteiger partial charge in [-0.2, -0.15) is 13.2 Å². The summed E-state index contributed by atoms with van der Waals surface area (Å²) in [5.41, 5.74) is 0.559. The lowest BCUT2D eigenvalue weighted by Gasteiger charge is -2.18. The van der Waals surface area contributed by atoms with Gasteiger partial charge >= 0.3 is 6.18 Å². The van der Waals surface area contributed by atoms with E-state index in [1.807, 2.05) is 6.92 Å². The minimum absolute atomic E-state index is 0.00640. The van der Waals surface area contributed by atoms with Crippen molar-refractivity contribution in [2.24, 2.45) is 4.99 Å². The summed E-state index contributed by atoms with van der Waals surface area (Å²) in [7, 11) is 0. The number of nitrogens with zero attached hydrogens (tertiary/aromatic N) is 1. The molecule has 0 amide bonds. The van der Waals surface area contributed by atoms with Crippen LogP contribution in [0.3, 0.4) is 0 Å². The number of halogens is 4. The molecule has 114 valence electrons. The highest BCUT2D eigenvalue weighted by atomic mass is 35.5. The van der Waals surface area contributed by atoms with Crippen molar-refractivity contribution in [2.45, 2.75) is 26.1 Å². The van der Waals surface area contributed by atoms with Crippen LogP contribution in [0.5, 0.6) is 0 Å². The molecule has 0 aliphatic heterocycles. The van der Waals surface area contributed by atoms with Crippen LogP contribution < -0.4 is 5.32 Å². The lowest BCUT2D eigenvalue weighted by Crippen LogP contribution is -2.30. The Bertz CT molecular complexity index is 577. The van der Waals surface area contributed by atoms with Gasteiger partial charge in [0.15, 0.2) is 0 Å². The SMILES string of the molecule is C=CN=C(C)C(C)NC(=C)c1cc(Cl)cc(C(F)(F)F)c1. The van der Waals surface area contributed by atoms with Crippen molar-refractivity contribution in [2.75, 3.05) is 0 Å². The molecule has 1 atom stereocenters. The third-order valence-corrected chi connectivity index (χ3v) is 3.10. The largest absolute Gasteiger partial charge is 0.416 e. The van der Waals surface area contributed by atoms with Crippen molar-refractivity contribution in [3.05, 3.63) is 53.7 Å². The van der Waals surface area contributed by atoms with Gasteiger partial charge in [-0.1, -0.05) is 24.8 Å². The van der Waals surface area contributed by atoms with Gasteiger partial charge in [-0.25, -0.2) is 0 Å². The fraction of sp³-hybridized carbons (Fsp3) is 0.267. The van der Waals surface area contributed by atoms with Crippen molar-refractivity contribution in [1.82, 2.24) is 5.32 Å². The Morgan fingerprint density at radius 1 is 1.38 bits per heavy atom. The Balaban J connectivity index is 3.01. The van der Waals surface area contributed by atoms with Gasteiger partial charge in [0.25, 0.3) is 0 Å². The molecule has 1 aromatic carbocycles. The quantitative estimate of drug-likeness (QED) is 0.767. The lowest BCUT2D eigenvalue weighted by atomic mass is 10.1. The average Bonchev–Trinajstić information content (AvgIpc) is 2.37. The molecule has 1 aromatic rings. The third-order valence-electron chi connectivity index (χ3n) is 2.89. The number of nitrogens with one attached hydrogen (secondary N) is 1. The van der Waals surface area contributed by atoms with Crippen LogP contribution in [0.1, 0.15) is 25.0 Å². The first kappa shape index (κ1) is 17.3. The summed E-state index contributed by atoms with van der Waals surface area (Å²) in [6.07, 6.45) is -3.05. The van der Waals surface area contributed by atoms with Gasteiger partial charge in [0.1, 0.15) is 0 Å². The highest BCUT2D eigenvalue weighted by molar-refractivity contribution is 6.30. The van der Waals surface area contributed by atoms with Crippen molar-refractivity contribution in [3.63, 3.8) is 0 Å². The topological polar surface area (TPSA) is 24.4 Å². The van der Waals surface area contributed by atoms with Crippen LogP contribution >= 0.6 is 11.6 Å². The Kier molecular flexibility index (Phi) is 5.61. The van der Waals surface area contributed by atoms with Crippen LogP contribution in [0.15, 0.2) is 42.5 Å². The normalized spacial score (nSPS) is 13.7. The maximum Gasteiger partial charge on any atom is 0.416 e. The predicted molar refractivity (Wildman–Crippen MR) is 81.4 cm³/mol. The monoisotopic (exact) mass is 316 g/mol. The Morgan fingerprint density at radius 3 is 2.52 bits per heavy atom. The van der Waals surface area contributed by atoms with E-state index in [-0.39, 0.29) is 16.6 Å². The van der Waals surface area contributed by atoms with Crippen LogP contribution in [0.25, 0.3) is 5.70 Å². The molecule has 0 saturated carbocycles. The number of rotatable bonds is 5. The van der Waals surface area contributed by atoms with Crippen LogP contribution in [0.2, 0.25) is 5.02 Å². The number of benzene rings is 1. The van der Waals surface area contributed by atoms with E-state index in [2.05, 4.69) is 23.5 Å². The summed E-state index contributed by atoms with van der Waals surface area (Å²) in [5, 5.41) is 2.99. The van der Waals surface area contributed by atoms with Gasteiger partial charge < -0.3 is 5.32 Å². The Labute approximate surface area is 127 Å². The minimum Gasteiger partial charge on any atom is -0.377 e. The predicted octanol–water partition coefficient (Wildman–Crippen LogP) is 4.91. The number of alkyl halides is 3. The van der Waals surface area contributed by atoms with Crippen molar-refractivity contribution in [3.8, 4) is 0 Å². The average molecular weight is 317 g/mol. The second kappa shape index (κ2) is 6.80. The van der Waals surface area contributed by atoms with E-state index in [4.69, 9.17) is 11.6 Å². The summed E-state index contributed by atoms with van der Waals surface area (Å²) in [6, 6.07) is 3.13. The molecule has 1 unspecified atom stereocenters. The molecule has 0 saturated heterocycles. The standard InChI is InChI=1S/C15H16ClF3N2/c1-5-20-9(2)10(3)21-11(4)12-6-13(15(17,18)19)8-14(16)7-12/h5-8,10,21H,1,4H2,2-3H3. The third kappa shape index (κ3) is 4.93. The summed E-state index contributed by atoms with van der Waals surface area (Å²) < 4.78 is 38.3. The van der Waals surface area contributed by atoms with Crippen molar-refractivity contribution >= 4 is 23.0 Å². The van der Waals surface area contributed by atoms with Gasteiger partial charge in [0.2, 0.25) is 0 Å². The first-order valence-corrected chi connectivity index (χ1v) is 6.51. The molecule has 0 aliphatic rings. The molecule has 0 radical (unpaired) electrons. The van der Waals surface area contributed by atoms with Crippen molar-refractivity contribution in [1.29, 1.82) is 0 Å². The lowest BCUT2D eigenvalue weighted by molar-refractivity contribution is -0.137. The van der Waals surface area contributed by atoms with Crippen LogP contribution in [-0.4, -0.2) is 11.8 Å². The molecule has 0 spiro atoms. The van der Waals surface area contributed by atoms with E-state index < -0.39 is 11.7 Å². The molecule has 6 heteroatoms. The van der Waals surface area contributed by atoms with E-state index in [1.165, 1.54) is 12.3 Å². The molecule has 0 heterocycles. The number of hydrogen-bond donors (Lipinski definition) is 1. The zero-order valence-electron chi connectivity index (χ0n) is 11.8. The van der Waals surface area contributed by atoms with Crippen LogP contribution in [0.4, 0.5) is 13.2 Å². The maximum atomic E-state index is 12.8. The summed E-state index contributed by atoms with van der Waals surface area (Å²) in [4.78, 5) is 4.02. The van der Waals surface area contributed by atoms with Crippen molar-refractivity contribution < 1.29 is 13.2 Å². The smallest absolute Gasteiger partial charge is 0.377 e. The first-order valence-electron chi connectivity index (χ1n) is 6.14. The molecule has 0 fully saturated rings. The molecule has 2 nitrogen and oxygen atoms in total. The molecule has 1 N–H and O–H groups in total. The zero-order chi connectivity index (χ0) is 16.2. The summed E-state index contributed by atoms with van der Waals surface area (Å²) >= 11 is 5.74. The van der Waals surface area contributed by atoms with Gasteiger partial charge in [-0.05, 0) is 37.6 Å². The van der Waals surface area contributed by atoms with Crippen LogP contribution in [0, 0.1) is 0 Å². The fourth-order valence-electron chi connectivity index (χ4n) is 1.63. The second-order valence-electron chi connectivity index (χ2n) is 4.52. The van der Waals surface area contributed by atoms with Crippen LogP contribution in [-0.2, 0) is 6.18 Å². The highest BCUT2D eigenvalue weighted by Crippen LogP contribution is 2.33. The molecular weight excluding hydrogens is 301 g/mol. The molecule has 21 heavy (non-hydrogen) atoms. The molecular formula is C15H16ClF3N2. The summed E-state index contributed by atoms with van der Waals surface area (Å²) in [5.74, 6) is 0. The van der Waals surface area contributed by atoms with Gasteiger partial charge in [0.05, 0.1) is 11.6 Å². The Hall–Kier alpha value is -1.75. The zero-order valence-corrected chi connectivity index (χ0v) is 12.5. The maximum absolute atomic E-state index is 12.8. The number of aliphatic imine (C=N–C) groups is 1.